The molecular weight excluding hydrogens is 323 g/mol. The number of benzene rings is 1. The number of phenols is 1. The van der Waals surface area contributed by atoms with Gasteiger partial charge in [0.2, 0.25) is 0 Å². The zero-order chi connectivity index (χ0) is 14.6. The van der Waals surface area contributed by atoms with E-state index in [1.807, 2.05) is 6.92 Å². The van der Waals surface area contributed by atoms with Crippen molar-refractivity contribution < 1.29 is 18.3 Å². The van der Waals surface area contributed by atoms with Crippen LogP contribution in [0.15, 0.2) is 16.6 Å². The summed E-state index contributed by atoms with van der Waals surface area (Å²) in [6, 6.07) is 3.38. The first-order valence-corrected chi connectivity index (χ1v) is 6.79. The number of aromatic hydroxyl groups is 1. The molecule has 0 amide bonds. The quantitative estimate of drug-likeness (QED) is 0.867. The molecule has 0 unspecified atom stereocenters. The number of nitrogens with zero attached hydrogens (tertiary/aromatic N) is 1. The number of hydrogen-bond acceptors (Lipinski definition) is 2. The van der Waals surface area contributed by atoms with E-state index in [-0.39, 0.29) is 12.3 Å². The first kappa shape index (κ1) is 16.3. The van der Waals surface area contributed by atoms with Crippen LogP contribution >= 0.6 is 15.9 Å². The SMILES string of the molecule is CCCN(Cc1cc(Br)cc(C)c1O)CC(F)(F)F. The number of alkyl halides is 3. The lowest BCUT2D eigenvalue weighted by Gasteiger charge is -2.24. The molecule has 2 nitrogen and oxygen atoms in total. The fourth-order valence-corrected chi connectivity index (χ4v) is 2.57. The van der Waals surface area contributed by atoms with Crippen molar-refractivity contribution in [3.8, 4) is 5.75 Å². The highest BCUT2D eigenvalue weighted by atomic mass is 79.9. The van der Waals surface area contributed by atoms with Crippen molar-refractivity contribution in [1.29, 1.82) is 0 Å². The zero-order valence-electron chi connectivity index (χ0n) is 10.9. The van der Waals surface area contributed by atoms with E-state index >= 15 is 0 Å². The average molecular weight is 340 g/mol. The molecule has 0 saturated heterocycles. The summed E-state index contributed by atoms with van der Waals surface area (Å²) in [6.07, 6.45) is -3.60. The lowest BCUT2D eigenvalue weighted by atomic mass is 10.1. The Hall–Kier alpha value is -0.750. The lowest BCUT2D eigenvalue weighted by Crippen LogP contribution is -2.34. The standard InChI is InChI=1S/C13H17BrF3NO/c1-3-4-18(8-13(15,16)17)7-10-6-11(14)5-9(2)12(10)19/h5-6,19H,3-4,7-8H2,1-2H3. The van der Waals surface area contributed by atoms with Crippen molar-refractivity contribution in [1.82, 2.24) is 4.90 Å². The summed E-state index contributed by atoms with van der Waals surface area (Å²) >= 11 is 3.29. The Labute approximate surface area is 119 Å². The first-order valence-electron chi connectivity index (χ1n) is 6.00. The number of hydrogen-bond donors (Lipinski definition) is 1. The monoisotopic (exact) mass is 339 g/mol. The van der Waals surface area contributed by atoms with Crippen LogP contribution in [-0.2, 0) is 6.54 Å². The van der Waals surface area contributed by atoms with Gasteiger partial charge in [0.25, 0.3) is 0 Å². The molecule has 1 aromatic carbocycles. The van der Waals surface area contributed by atoms with Crippen molar-refractivity contribution in [2.24, 2.45) is 0 Å². The molecule has 1 N–H and O–H groups in total. The van der Waals surface area contributed by atoms with E-state index in [9.17, 15) is 18.3 Å². The lowest BCUT2D eigenvalue weighted by molar-refractivity contribution is -0.147. The van der Waals surface area contributed by atoms with Crippen LogP contribution in [0.1, 0.15) is 24.5 Å². The van der Waals surface area contributed by atoms with E-state index in [1.54, 1.807) is 19.1 Å². The van der Waals surface area contributed by atoms with E-state index in [0.29, 0.717) is 24.1 Å². The molecule has 0 atom stereocenters. The Kier molecular flexibility index (Phi) is 5.67. The van der Waals surface area contributed by atoms with Gasteiger partial charge in [0.05, 0.1) is 6.54 Å². The topological polar surface area (TPSA) is 23.5 Å². The summed E-state index contributed by atoms with van der Waals surface area (Å²) in [6.45, 7) is 3.00. The summed E-state index contributed by atoms with van der Waals surface area (Å²) in [5.74, 6) is 0.0616. The Bertz CT molecular complexity index is 435. The van der Waals surface area contributed by atoms with Gasteiger partial charge in [-0.05, 0) is 37.6 Å². The normalized spacial score (nSPS) is 12.2. The zero-order valence-corrected chi connectivity index (χ0v) is 12.5. The van der Waals surface area contributed by atoms with E-state index in [1.165, 1.54) is 4.90 Å². The van der Waals surface area contributed by atoms with Crippen LogP contribution in [0.2, 0.25) is 0 Å². The third-order valence-electron chi connectivity index (χ3n) is 2.68. The highest BCUT2D eigenvalue weighted by molar-refractivity contribution is 9.10. The van der Waals surface area contributed by atoms with E-state index in [0.717, 1.165) is 4.47 Å². The van der Waals surface area contributed by atoms with Gasteiger partial charge in [-0.2, -0.15) is 13.2 Å². The summed E-state index contributed by atoms with van der Waals surface area (Å²) in [5, 5.41) is 9.91. The minimum atomic E-state index is -4.23. The number of phenolic OH excluding ortho intramolecular Hbond substituents is 1. The molecule has 0 aliphatic carbocycles. The second-order valence-corrected chi connectivity index (χ2v) is 5.47. The van der Waals surface area contributed by atoms with Gasteiger partial charge in [-0.15, -0.1) is 0 Å². The molecule has 0 aliphatic rings. The number of rotatable bonds is 5. The number of halogens is 4. The molecule has 0 aliphatic heterocycles. The van der Waals surface area contributed by atoms with Gasteiger partial charge in [0.1, 0.15) is 5.75 Å². The minimum Gasteiger partial charge on any atom is -0.507 e. The van der Waals surface area contributed by atoms with Gasteiger partial charge >= 0.3 is 6.18 Å². The van der Waals surface area contributed by atoms with Crippen LogP contribution in [0.4, 0.5) is 13.2 Å². The average Bonchev–Trinajstić information content (AvgIpc) is 2.23. The maximum atomic E-state index is 12.5. The molecular formula is C13H17BrF3NO. The van der Waals surface area contributed by atoms with Crippen LogP contribution in [0.25, 0.3) is 0 Å². The van der Waals surface area contributed by atoms with Gasteiger partial charge in [-0.3, -0.25) is 4.90 Å². The number of aryl methyl sites for hydroxylation is 1. The highest BCUT2D eigenvalue weighted by Gasteiger charge is 2.30. The second kappa shape index (κ2) is 6.61. The van der Waals surface area contributed by atoms with E-state index < -0.39 is 12.7 Å². The summed E-state index contributed by atoms with van der Waals surface area (Å²) in [4.78, 5) is 1.29. The van der Waals surface area contributed by atoms with Crippen LogP contribution in [0.5, 0.6) is 5.75 Å². The Morgan fingerprint density at radius 1 is 1.32 bits per heavy atom. The molecule has 0 bridgehead atoms. The van der Waals surface area contributed by atoms with Crippen molar-refractivity contribution >= 4 is 15.9 Å². The van der Waals surface area contributed by atoms with Gasteiger partial charge in [0, 0.05) is 16.6 Å². The Morgan fingerprint density at radius 3 is 2.47 bits per heavy atom. The van der Waals surface area contributed by atoms with Crippen LogP contribution in [0.3, 0.4) is 0 Å². The Balaban J connectivity index is 2.90. The molecule has 6 heteroatoms. The second-order valence-electron chi connectivity index (χ2n) is 4.56. The van der Waals surface area contributed by atoms with Crippen molar-refractivity contribution in [2.45, 2.75) is 33.0 Å². The molecule has 19 heavy (non-hydrogen) atoms. The van der Waals surface area contributed by atoms with E-state index in [4.69, 9.17) is 0 Å². The van der Waals surface area contributed by atoms with Crippen LogP contribution in [-0.4, -0.2) is 29.3 Å². The maximum absolute atomic E-state index is 12.5. The smallest absolute Gasteiger partial charge is 0.401 e. The fourth-order valence-electron chi connectivity index (χ4n) is 1.95. The van der Waals surface area contributed by atoms with Crippen molar-refractivity contribution in [3.63, 3.8) is 0 Å². The maximum Gasteiger partial charge on any atom is 0.401 e. The van der Waals surface area contributed by atoms with Crippen LogP contribution in [0, 0.1) is 6.92 Å². The summed E-state index contributed by atoms with van der Waals surface area (Å²) < 4.78 is 38.2. The van der Waals surface area contributed by atoms with Crippen LogP contribution < -0.4 is 0 Å². The van der Waals surface area contributed by atoms with Crippen molar-refractivity contribution in [3.05, 3.63) is 27.7 Å². The molecule has 0 saturated carbocycles. The Morgan fingerprint density at radius 2 is 1.95 bits per heavy atom. The first-order chi connectivity index (χ1) is 8.73. The largest absolute Gasteiger partial charge is 0.507 e. The molecule has 0 aromatic heterocycles. The molecule has 0 radical (unpaired) electrons. The van der Waals surface area contributed by atoms with Gasteiger partial charge < -0.3 is 5.11 Å². The summed E-state index contributed by atoms with van der Waals surface area (Å²) in [7, 11) is 0. The predicted molar refractivity (Wildman–Crippen MR) is 72.2 cm³/mol. The molecule has 108 valence electrons. The summed E-state index contributed by atoms with van der Waals surface area (Å²) in [5.41, 5.74) is 1.15. The third kappa shape index (κ3) is 5.40. The molecule has 1 aromatic rings. The molecule has 0 fully saturated rings. The third-order valence-corrected chi connectivity index (χ3v) is 3.14. The highest BCUT2D eigenvalue weighted by Crippen LogP contribution is 2.28. The van der Waals surface area contributed by atoms with Gasteiger partial charge in [-0.25, -0.2) is 0 Å². The minimum absolute atomic E-state index is 0.0616. The van der Waals surface area contributed by atoms with Crippen molar-refractivity contribution in [2.75, 3.05) is 13.1 Å². The molecule has 0 heterocycles. The van der Waals surface area contributed by atoms with Gasteiger partial charge in [0.15, 0.2) is 0 Å². The van der Waals surface area contributed by atoms with E-state index in [2.05, 4.69) is 15.9 Å². The fraction of sp³-hybridized carbons (Fsp3) is 0.538. The van der Waals surface area contributed by atoms with Gasteiger partial charge in [-0.1, -0.05) is 22.9 Å². The molecule has 1 rings (SSSR count). The molecule has 0 spiro atoms. The predicted octanol–water partition coefficient (Wildman–Crippen LogP) is 4.24.